The third-order valence-electron chi connectivity index (χ3n) is 1.90. The fraction of sp³-hybridized carbons (Fsp3) is 0.667. The van der Waals surface area contributed by atoms with Crippen molar-refractivity contribution in [3.05, 3.63) is 22.1 Å². The van der Waals surface area contributed by atoms with Crippen molar-refractivity contribution in [2.24, 2.45) is 0 Å². The lowest BCUT2D eigenvalue weighted by Crippen LogP contribution is -2.10. The molecule has 0 atom stereocenters. The zero-order valence-electron chi connectivity index (χ0n) is 8.09. The maximum atomic E-state index is 11.0. The molecule has 0 fully saturated rings. The molecular weight excluding hydrogens is 152 g/mol. The average molecular weight is 168 g/mol. The van der Waals surface area contributed by atoms with E-state index >= 15 is 0 Å². The third kappa shape index (κ3) is 1.60. The van der Waals surface area contributed by atoms with Gasteiger partial charge in [-0.1, -0.05) is 13.8 Å². The first-order chi connectivity index (χ1) is 5.52. The van der Waals surface area contributed by atoms with Gasteiger partial charge in [0.05, 0.1) is 0 Å². The molecule has 12 heavy (non-hydrogen) atoms. The van der Waals surface area contributed by atoms with Crippen molar-refractivity contribution in [3.63, 3.8) is 0 Å². The summed E-state index contributed by atoms with van der Waals surface area (Å²) < 4.78 is 1.92. The lowest BCUT2D eigenvalue weighted by molar-refractivity contribution is 0.495. The van der Waals surface area contributed by atoms with Crippen LogP contribution in [0.15, 0.2) is 10.9 Å². The van der Waals surface area contributed by atoms with Gasteiger partial charge in [0.15, 0.2) is 0 Å². The first kappa shape index (κ1) is 9.10. The molecule has 1 rings (SSSR count). The van der Waals surface area contributed by atoms with Crippen molar-refractivity contribution < 1.29 is 0 Å². The minimum atomic E-state index is -0.00704. The number of nitrogens with zero attached hydrogens (tertiary/aromatic N) is 1. The molecule has 0 bridgehead atoms. The van der Waals surface area contributed by atoms with Crippen molar-refractivity contribution in [3.8, 4) is 0 Å². The van der Waals surface area contributed by atoms with Gasteiger partial charge in [-0.15, -0.1) is 0 Å². The average Bonchev–Trinajstić information content (AvgIpc) is 2.31. The molecule has 0 aromatic carbocycles. The van der Waals surface area contributed by atoms with E-state index in [0.717, 1.165) is 5.69 Å². The van der Waals surface area contributed by atoms with E-state index < -0.39 is 0 Å². The van der Waals surface area contributed by atoms with Gasteiger partial charge in [0.25, 0.3) is 5.56 Å². The van der Waals surface area contributed by atoms with E-state index in [1.165, 1.54) is 0 Å². The molecule has 1 aromatic heterocycles. The Hall–Kier alpha value is -0.990. The molecule has 3 heteroatoms. The molecule has 0 aliphatic carbocycles. The summed E-state index contributed by atoms with van der Waals surface area (Å²) in [4.78, 5) is 11.0. The number of H-pyrrole nitrogens is 1. The SMILES string of the molecule is CC(C)c1cc(=O)[nH]n1C(C)C. The number of aromatic nitrogens is 2. The second-order valence-corrected chi connectivity index (χ2v) is 3.66. The largest absolute Gasteiger partial charge is 0.286 e. The van der Waals surface area contributed by atoms with Gasteiger partial charge in [-0.05, 0) is 19.8 Å². The summed E-state index contributed by atoms with van der Waals surface area (Å²) in [5.74, 6) is 0.395. The van der Waals surface area contributed by atoms with Crippen LogP contribution in [0.25, 0.3) is 0 Å². The summed E-state index contributed by atoms with van der Waals surface area (Å²) in [6.45, 7) is 8.28. The Morgan fingerprint density at radius 2 is 1.92 bits per heavy atom. The van der Waals surface area contributed by atoms with Gasteiger partial charge in [-0.25, -0.2) is 0 Å². The Bertz CT molecular complexity index is 278. The molecule has 68 valence electrons. The normalized spacial score (nSPS) is 11.5. The number of hydrogen-bond acceptors (Lipinski definition) is 1. The van der Waals surface area contributed by atoms with Crippen LogP contribution in [0.1, 0.15) is 45.3 Å². The van der Waals surface area contributed by atoms with Crippen molar-refractivity contribution in [1.29, 1.82) is 0 Å². The van der Waals surface area contributed by atoms with E-state index in [-0.39, 0.29) is 5.56 Å². The third-order valence-corrected chi connectivity index (χ3v) is 1.90. The Morgan fingerprint density at radius 3 is 2.25 bits per heavy atom. The van der Waals surface area contributed by atoms with Crippen LogP contribution in [0, 0.1) is 0 Å². The fourth-order valence-electron chi connectivity index (χ4n) is 1.29. The maximum absolute atomic E-state index is 11.0. The Morgan fingerprint density at radius 1 is 1.33 bits per heavy atom. The van der Waals surface area contributed by atoms with Crippen molar-refractivity contribution in [2.75, 3.05) is 0 Å². The van der Waals surface area contributed by atoms with Crippen LogP contribution in [-0.2, 0) is 0 Å². The lowest BCUT2D eigenvalue weighted by atomic mass is 10.1. The van der Waals surface area contributed by atoms with E-state index in [9.17, 15) is 4.79 Å². The molecule has 0 aliphatic rings. The van der Waals surface area contributed by atoms with E-state index in [0.29, 0.717) is 12.0 Å². The number of rotatable bonds is 2. The molecule has 0 spiro atoms. The van der Waals surface area contributed by atoms with Crippen LogP contribution in [0.2, 0.25) is 0 Å². The predicted octanol–water partition coefficient (Wildman–Crippen LogP) is 1.88. The molecule has 0 saturated carbocycles. The van der Waals surface area contributed by atoms with Gasteiger partial charge >= 0.3 is 0 Å². The first-order valence-electron chi connectivity index (χ1n) is 4.33. The highest BCUT2D eigenvalue weighted by molar-refractivity contribution is 5.06. The summed E-state index contributed by atoms with van der Waals surface area (Å²) in [6, 6.07) is 2.00. The van der Waals surface area contributed by atoms with Crippen LogP contribution >= 0.6 is 0 Å². The van der Waals surface area contributed by atoms with Crippen molar-refractivity contribution >= 4 is 0 Å². The monoisotopic (exact) mass is 168 g/mol. The molecular formula is C9H16N2O. The Kier molecular flexibility index (Phi) is 2.40. The standard InChI is InChI=1S/C9H16N2O/c1-6(2)8-5-9(12)10-11(8)7(3)4/h5-7H,1-4H3,(H,10,12). The van der Waals surface area contributed by atoms with E-state index in [1.807, 2.05) is 4.68 Å². The maximum Gasteiger partial charge on any atom is 0.264 e. The van der Waals surface area contributed by atoms with Gasteiger partial charge in [0.1, 0.15) is 0 Å². The minimum absolute atomic E-state index is 0.00704. The van der Waals surface area contributed by atoms with Crippen LogP contribution < -0.4 is 5.56 Å². The fourth-order valence-corrected chi connectivity index (χ4v) is 1.29. The predicted molar refractivity (Wildman–Crippen MR) is 49.5 cm³/mol. The summed E-state index contributed by atoms with van der Waals surface area (Å²) >= 11 is 0. The number of hydrogen-bond donors (Lipinski definition) is 1. The summed E-state index contributed by atoms with van der Waals surface area (Å²) in [7, 11) is 0. The number of aromatic amines is 1. The van der Waals surface area contributed by atoms with Crippen LogP contribution in [0.5, 0.6) is 0 Å². The zero-order valence-corrected chi connectivity index (χ0v) is 8.09. The number of nitrogens with one attached hydrogen (secondary N) is 1. The molecule has 1 heterocycles. The van der Waals surface area contributed by atoms with Crippen LogP contribution in [0.3, 0.4) is 0 Å². The molecule has 0 unspecified atom stereocenters. The Labute approximate surface area is 72.4 Å². The summed E-state index contributed by atoms with van der Waals surface area (Å²) in [6.07, 6.45) is 0. The van der Waals surface area contributed by atoms with Crippen molar-refractivity contribution in [2.45, 2.75) is 39.7 Å². The first-order valence-corrected chi connectivity index (χ1v) is 4.33. The molecule has 0 amide bonds. The smallest absolute Gasteiger partial charge is 0.264 e. The topological polar surface area (TPSA) is 37.8 Å². The highest BCUT2D eigenvalue weighted by atomic mass is 16.1. The van der Waals surface area contributed by atoms with Crippen LogP contribution in [-0.4, -0.2) is 9.78 Å². The second-order valence-electron chi connectivity index (χ2n) is 3.66. The Balaban J connectivity index is 3.17. The molecule has 1 N–H and O–H groups in total. The molecule has 0 aliphatic heterocycles. The minimum Gasteiger partial charge on any atom is -0.286 e. The van der Waals surface area contributed by atoms with E-state index in [4.69, 9.17) is 0 Å². The molecule has 0 saturated heterocycles. The highest BCUT2D eigenvalue weighted by Gasteiger charge is 2.09. The lowest BCUT2D eigenvalue weighted by Gasteiger charge is -2.13. The quantitative estimate of drug-likeness (QED) is 0.719. The molecule has 3 nitrogen and oxygen atoms in total. The van der Waals surface area contributed by atoms with Gasteiger partial charge < -0.3 is 0 Å². The van der Waals surface area contributed by atoms with Gasteiger partial charge in [0, 0.05) is 17.8 Å². The highest BCUT2D eigenvalue weighted by Crippen LogP contribution is 2.15. The molecule has 1 aromatic rings. The van der Waals surface area contributed by atoms with Crippen LogP contribution in [0.4, 0.5) is 0 Å². The van der Waals surface area contributed by atoms with Crippen molar-refractivity contribution in [1.82, 2.24) is 9.78 Å². The van der Waals surface area contributed by atoms with Gasteiger partial charge in [-0.2, -0.15) is 0 Å². The molecule has 0 radical (unpaired) electrons. The summed E-state index contributed by atoms with van der Waals surface area (Å²) in [5.41, 5.74) is 1.07. The van der Waals surface area contributed by atoms with E-state index in [1.54, 1.807) is 6.07 Å². The van der Waals surface area contributed by atoms with E-state index in [2.05, 4.69) is 32.8 Å². The zero-order chi connectivity index (χ0) is 9.30. The second kappa shape index (κ2) is 3.17. The van der Waals surface area contributed by atoms with Gasteiger partial charge in [-0.3, -0.25) is 14.6 Å². The van der Waals surface area contributed by atoms with Gasteiger partial charge in [0.2, 0.25) is 0 Å². The summed E-state index contributed by atoms with van der Waals surface area (Å²) in [5, 5.41) is 2.79.